The van der Waals surface area contributed by atoms with Gasteiger partial charge in [-0.15, -0.1) is 0 Å². The molecular weight excluding hydrogens is 662 g/mol. The van der Waals surface area contributed by atoms with Gasteiger partial charge in [-0.3, -0.25) is 24.6 Å². The lowest BCUT2D eigenvalue weighted by atomic mass is 10.0. The SMILES string of the molecule is CC(c1ccc(COc2cccc3c2CN([C@H]2CCC(=O)NC2=O)C3=O)c(F)c1)N1CCN(c2ccc(C#N)c(CCSCCS)c2)CC1. The number of nitrogens with zero attached hydrogens (tertiary/aromatic N) is 4. The van der Waals surface area contributed by atoms with Crippen molar-refractivity contribution in [2.24, 2.45) is 0 Å². The number of thiol groups is 1. The van der Waals surface area contributed by atoms with Gasteiger partial charge in [0.05, 0.1) is 18.2 Å². The number of halogens is 1. The van der Waals surface area contributed by atoms with Crippen molar-refractivity contribution in [3.8, 4) is 11.8 Å². The molecule has 3 aliphatic rings. The van der Waals surface area contributed by atoms with Gasteiger partial charge >= 0.3 is 0 Å². The third-order valence-corrected chi connectivity index (χ3v) is 11.2. The number of nitrogens with one attached hydrogen (secondary N) is 1. The zero-order chi connectivity index (χ0) is 34.5. The maximum Gasteiger partial charge on any atom is 0.255 e. The Kier molecular flexibility index (Phi) is 11.1. The highest BCUT2D eigenvalue weighted by Gasteiger charge is 2.40. The van der Waals surface area contributed by atoms with E-state index in [2.05, 4.69) is 46.8 Å². The highest BCUT2D eigenvalue weighted by atomic mass is 32.2. The molecule has 3 aromatic rings. The maximum absolute atomic E-state index is 15.4. The number of nitriles is 1. The van der Waals surface area contributed by atoms with Crippen molar-refractivity contribution in [2.75, 3.05) is 48.3 Å². The third kappa shape index (κ3) is 7.74. The molecule has 0 saturated carbocycles. The Hall–Kier alpha value is -4.05. The van der Waals surface area contributed by atoms with Gasteiger partial charge in [-0.2, -0.15) is 29.7 Å². The number of ether oxygens (including phenoxy) is 1. The second kappa shape index (κ2) is 15.7. The minimum Gasteiger partial charge on any atom is -0.488 e. The number of anilines is 1. The first-order chi connectivity index (χ1) is 23.8. The summed E-state index contributed by atoms with van der Waals surface area (Å²) in [4.78, 5) is 43.4. The third-order valence-electron chi connectivity index (χ3n) is 9.67. The zero-order valence-electron chi connectivity index (χ0n) is 27.5. The number of piperidine rings is 1. The fraction of sp³-hybridized carbons (Fsp3) is 0.405. The molecule has 12 heteroatoms. The largest absolute Gasteiger partial charge is 0.488 e. The van der Waals surface area contributed by atoms with E-state index in [9.17, 15) is 19.6 Å². The number of hydrogen-bond donors (Lipinski definition) is 2. The number of imide groups is 1. The Balaban J connectivity index is 1.05. The van der Waals surface area contributed by atoms with E-state index in [4.69, 9.17) is 4.74 Å². The predicted molar refractivity (Wildman–Crippen MR) is 191 cm³/mol. The van der Waals surface area contributed by atoms with Crippen molar-refractivity contribution in [3.05, 3.63) is 93.8 Å². The lowest BCUT2D eigenvalue weighted by molar-refractivity contribution is -0.136. The highest BCUT2D eigenvalue weighted by molar-refractivity contribution is 7.99. The van der Waals surface area contributed by atoms with Crippen molar-refractivity contribution >= 4 is 47.8 Å². The number of aryl methyl sites for hydroxylation is 1. The summed E-state index contributed by atoms with van der Waals surface area (Å²) in [6.07, 6.45) is 1.32. The standard InChI is InChI=1S/C37H40FN5O4S2/c1-24(41-12-14-42(15-13-41)29-8-7-27(21-39)26(19-29)11-17-49-18-16-48)25-5-6-28(32(38)20-25)23-47-34-4-2-3-30-31(34)22-43(37(30)46)33-9-10-35(44)40-36(33)45/h2-8,19-20,24,33,48H,9-18,22-23H2,1H3,(H,40,44,45)/t24?,33-/m0/s1. The molecule has 1 unspecified atom stereocenters. The van der Waals surface area contributed by atoms with E-state index in [1.54, 1.807) is 30.3 Å². The van der Waals surface area contributed by atoms with Crippen LogP contribution in [0.15, 0.2) is 54.6 Å². The maximum atomic E-state index is 15.4. The summed E-state index contributed by atoms with van der Waals surface area (Å²) >= 11 is 6.13. The van der Waals surface area contributed by atoms with Gasteiger partial charge in [-0.05, 0) is 78.8 Å². The lowest BCUT2D eigenvalue weighted by Gasteiger charge is -2.39. The van der Waals surface area contributed by atoms with Crippen molar-refractivity contribution in [2.45, 2.75) is 51.4 Å². The molecule has 3 heterocycles. The second-order valence-corrected chi connectivity index (χ2v) is 14.2. The topological polar surface area (TPSA) is 106 Å². The van der Waals surface area contributed by atoms with Crippen LogP contribution in [0.5, 0.6) is 5.75 Å². The van der Waals surface area contributed by atoms with Gasteiger partial charge < -0.3 is 14.5 Å². The molecule has 2 atom stereocenters. The van der Waals surface area contributed by atoms with Gasteiger partial charge in [0.25, 0.3) is 5.91 Å². The van der Waals surface area contributed by atoms with Crippen molar-refractivity contribution in [1.82, 2.24) is 15.1 Å². The van der Waals surface area contributed by atoms with Gasteiger partial charge in [0, 0.05) is 66.8 Å². The summed E-state index contributed by atoms with van der Waals surface area (Å²) in [7, 11) is 0. The number of amides is 3. The molecule has 2 saturated heterocycles. The van der Waals surface area contributed by atoms with Gasteiger partial charge in [-0.25, -0.2) is 4.39 Å². The molecule has 3 amide bonds. The van der Waals surface area contributed by atoms with Crippen LogP contribution in [0.4, 0.5) is 10.1 Å². The van der Waals surface area contributed by atoms with E-state index in [0.717, 1.165) is 72.2 Å². The van der Waals surface area contributed by atoms with Crippen LogP contribution in [0.3, 0.4) is 0 Å². The smallest absolute Gasteiger partial charge is 0.255 e. The van der Waals surface area contributed by atoms with Crippen LogP contribution in [-0.4, -0.2) is 77.0 Å². The monoisotopic (exact) mass is 701 g/mol. The van der Waals surface area contributed by atoms with Gasteiger partial charge in [0.15, 0.2) is 0 Å². The summed E-state index contributed by atoms with van der Waals surface area (Å²) in [5.41, 5.74) is 5.35. The molecule has 9 nitrogen and oxygen atoms in total. The van der Waals surface area contributed by atoms with Gasteiger partial charge in [-0.1, -0.05) is 18.2 Å². The Morgan fingerprint density at radius 1 is 1.06 bits per heavy atom. The van der Waals surface area contributed by atoms with Crippen molar-refractivity contribution in [1.29, 1.82) is 5.26 Å². The molecule has 1 N–H and O–H groups in total. The molecule has 0 spiro atoms. The Morgan fingerprint density at radius 3 is 2.61 bits per heavy atom. The van der Waals surface area contributed by atoms with Gasteiger partial charge in [0.2, 0.25) is 11.8 Å². The first kappa shape index (κ1) is 34.8. The summed E-state index contributed by atoms with van der Waals surface area (Å²) < 4.78 is 21.5. The summed E-state index contributed by atoms with van der Waals surface area (Å²) in [6.45, 7) is 5.60. The van der Waals surface area contributed by atoms with Crippen LogP contribution in [0.2, 0.25) is 0 Å². The number of benzene rings is 3. The van der Waals surface area contributed by atoms with Crippen molar-refractivity contribution < 1.29 is 23.5 Å². The number of carbonyl (C=O) groups is 3. The molecule has 2 fully saturated rings. The molecule has 0 aliphatic carbocycles. The zero-order valence-corrected chi connectivity index (χ0v) is 29.2. The molecule has 3 aromatic carbocycles. The summed E-state index contributed by atoms with van der Waals surface area (Å²) in [5, 5.41) is 11.9. The quantitative estimate of drug-likeness (QED) is 0.152. The van der Waals surface area contributed by atoms with Crippen LogP contribution >= 0.6 is 24.4 Å². The summed E-state index contributed by atoms with van der Waals surface area (Å²) in [5.74, 6) is 1.84. The molecule has 0 bridgehead atoms. The van der Waals surface area contributed by atoms with E-state index in [0.29, 0.717) is 22.4 Å². The van der Waals surface area contributed by atoms with Gasteiger partial charge in [0.1, 0.15) is 24.2 Å². The second-order valence-electron chi connectivity index (χ2n) is 12.6. The van der Waals surface area contributed by atoms with E-state index in [1.807, 2.05) is 30.0 Å². The molecule has 3 aliphatic heterocycles. The first-order valence-corrected chi connectivity index (χ1v) is 18.4. The van der Waals surface area contributed by atoms with Crippen LogP contribution < -0.4 is 15.0 Å². The number of piperazine rings is 1. The van der Waals surface area contributed by atoms with Crippen LogP contribution in [0.25, 0.3) is 0 Å². The minimum atomic E-state index is -0.716. The fourth-order valence-electron chi connectivity index (χ4n) is 6.81. The molecule has 6 rings (SSSR count). The van der Waals surface area contributed by atoms with Crippen LogP contribution in [0, 0.1) is 17.1 Å². The fourth-order valence-corrected chi connectivity index (χ4v) is 7.89. The number of rotatable bonds is 12. The van der Waals surface area contributed by atoms with E-state index in [1.165, 1.54) is 4.90 Å². The highest BCUT2D eigenvalue weighted by Crippen LogP contribution is 2.34. The molecular formula is C37H40FN5O4S2. The normalized spacial score (nSPS) is 18.7. The average Bonchev–Trinajstić information content (AvgIpc) is 3.45. The van der Waals surface area contributed by atoms with E-state index >= 15 is 4.39 Å². The van der Waals surface area contributed by atoms with E-state index < -0.39 is 11.9 Å². The number of fused-ring (bicyclic) bond motifs is 1. The summed E-state index contributed by atoms with van der Waals surface area (Å²) in [6, 6.07) is 18.2. The minimum absolute atomic E-state index is 0.0112. The molecule has 49 heavy (non-hydrogen) atoms. The van der Waals surface area contributed by atoms with Crippen LogP contribution in [-0.2, 0) is 29.2 Å². The number of thioether (sulfide) groups is 1. The van der Waals surface area contributed by atoms with E-state index in [-0.39, 0.29) is 49.7 Å². The Morgan fingerprint density at radius 2 is 1.88 bits per heavy atom. The molecule has 256 valence electrons. The average molecular weight is 702 g/mol. The Labute approximate surface area is 296 Å². The molecule has 0 aromatic heterocycles. The number of carbonyl (C=O) groups excluding carboxylic acids is 3. The lowest BCUT2D eigenvalue weighted by Crippen LogP contribution is -2.52. The number of hydrogen-bond acceptors (Lipinski definition) is 9. The Bertz CT molecular complexity index is 1770. The van der Waals surface area contributed by atoms with Crippen LogP contribution in [0.1, 0.15) is 64.0 Å². The first-order valence-electron chi connectivity index (χ1n) is 16.7. The predicted octanol–water partition coefficient (Wildman–Crippen LogP) is 5.13. The van der Waals surface area contributed by atoms with Crippen molar-refractivity contribution in [3.63, 3.8) is 0 Å². The molecule has 0 radical (unpaired) electrons.